The molecule has 1 fully saturated rings. The number of nitrogens with zero attached hydrogens (tertiary/aromatic N) is 2. The Morgan fingerprint density at radius 3 is 2.26 bits per heavy atom. The zero-order valence-electron chi connectivity index (χ0n) is 21.4. The van der Waals surface area contributed by atoms with E-state index in [9.17, 15) is 18.0 Å². The third kappa shape index (κ3) is 6.42. The summed E-state index contributed by atoms with van der Waals surface area (Å²) in [7, 11) is 1.50. The van der Waals surface area contributed by atoms with Crippen LogP contribution in [0.4, 0.5) is 19.1 Å². The molecule has 3 aromatic rings. The second-order valence-corrected chi connectivity index (χ2v) is 9.78. The average molecular weight is 545 g/mol. The molecule has 208 valence electrons. The summed E-state index contributed by atoms with van der Waals surface area (Å²) in [5, 5.41) is 9.02. The summed E-state index contributed by atoms with van der Waals surface area (Å²) >= 11 is 0. The van der Waals surface area contributed by atoms with Crippen LogP contribution in [0.5, 0.6) is 11.6 Å². The first-order chi connectivity index (χ1) is 18.5. The van der Waals surface area contributed by atoms with Crippen molar-refractivity contribution < 1.29 is 32.5 Å². The Kier molecular flexibility index (Phi) is 8.29. The lowest BCUT2D eigenvalue weighted by molar-refractivity contribution is -0.220. The number of hydrogen-bond acceptors (Lipinski definition) is 7. The number of benzene rings is 2. The maximum absolute atomic E-state index is 14.7. The van der Waals surface area contributed by atoms with Crippen molar-refractivity contribution in [3.8, 4) is 22.9 Å². The summed E-state index contributed by atoms with van der Waals surface area (Å²) in [5.74, 6) is -1.08. The number of alkyl halides is 3. The quantitative estimate of drug-likeness (QED) is 0.346. The van der Waals surface area contributed by atoms with E-state index in [1.165, 1.54) is 13.2 Å². The van der Waals surface area contributed by atoms with Gasteiger partial charge in [-0.3, -0.25) is 4.79 Å². The Morgan fingerprint density at radius 2 is 1.69 bits per heavy atom. The lowest BCUT2D eigenvalue weighted by Crippen LogP contribution is -2.53. The monoisotopic (exact) mass is 544 g/mol. The van der Waals surface area contributed by atoms with Gasteiger partial charge >= 0.3 is 12.1 Å². The van der Waals surface area contributed by atoms with Gasteiger partial charge in [0.05, 0.1) is 12.8 Å². The fourth-order valence-corrected chi connectivity index (χ4v) is 5.23. The molecule has 0 spiro atoms. The van der Waals surface area contributed by atoms with Crippen molar-refractivity contribution in [3.05, 3.63) is 65.7 Å². The van der Waals surface area contributed by atoms with Crippen LogP contribution in [0.25, 0.3) is 11.3 Å². The second-order valence-electron chi connectivity index (χ2n) is 9.78. The molecule has 1 aliphatic carbocycles. The minimum absolute atomic E-state index is 0.122. The number of aromatic nitrogens is 2. The number of carbonyl (C=O) groups is 1. The van der Waals surface area contributed by atoms with Crippen molar-refractivity contribution in [3.63, 3.8) is 0 Å². The maximum atomic E-state index is 14.7. The number of halogens is 3. The standard InChI is InChI=1S/C28H31F3N4O4/c1-38-20-11-9-19(10-12-20)27(13-3-2-4-14-27)25(28(29,30)31)39-23-16-22(34-26(33)35-23)18-7-5-17(6-8-18)15-21(32)24(36)37/h5-12,16,21,25H,2-4,13-15,32H2,1H3,(H,36,37)(H2,33,34,35)/t21-,25?/m0/s1. The molecule has 1 aliphatic rings. The number of ether oxygens (including phenoxy) is 2. The number of nitrogen functional groups attached to an aromatic ring is 1. The molecule has 2 atom stereocenters. The molecule has 2 aromatic carbocycles. The fourth-order valence-electron chi connectivity index (χ4n) is 5.23. The van der Waals surface area contributed by atoms with Crippen LogP contribution < -0.4 is 20.9 Å². The summed E-state index contributed by atoms with van der Waals surface area (Å²) < 4.78 is 55.1. The van der Waals surface area contributed by atoms with E-state index in [-0.39, 0.29) is 23.9 Å². The second kappa shape index (κ2) is 11.5. The van der Waals surface area contributed by atoms with E-state index >= 15 is 0 Å². The van der Waals surface area contributed by atoms with Gasteiger partial charge in [0.1, 0.15) is 11.8 Å². The van der Waals surface area contributed by atoms with Crippen LogP contribution in [0.3, 0.4) is 0 Å². The van der Waals surface area contributed by atoms with Gasteiger partial charge in [-0.1, -0.05) is 55.7 Å². The molecule has 39 heavy (non-hydrogen) atoms. The van der Waals surface area contributed by atoms with E-state index in [1.54, 1.807) is 48.5 Å². The molecule has 4 rings (SSSR count). The lowest BCUT2D eigenvalue weighted by atomic mass is 9.65. The molecule has 1 saturated carbocycles. The summed E-state index contributed by atoms with van der Waals surface area (Å²) in [4.78, 5) is 19.2. The third-order valence-electron chi connectivity index (χ3n) is 7.19. The van der Waals surface area contributed by atoms with Gasteiger partial charge in [0.15, 0.2) is 0 Å². The number of carboxylic acids is 1. The number of nitrogens with two attached hydrogens (primary N) is 2. The molecular formula is C28H31F3N4O4. The number of rotatable bonds is 9. The van der Waals surface area contributed by atoms with Crippen molar-refractivity contribution >= 4 is 11.9 Å². The number of anilines is 1. The van der Waals surface area contributed by atoms with E-state index in [1.807, 2.05) is 0 Å². The van der Waals surface area contributed by atoms with E-state index in [2.05, 4.69) is 9.97 Å². The largest absolute Gasteiger partial charge is 0.497 e. The summed E-state index contributed by atoms with van der Waals surface area (Å²) in [5.41, 5.74) is 12.2. The van der Waals surface area contributed by atoms with Gasteiger partial charge < -0.3 is 26.0 Å². The minimum Gasteiger partial charge on any atom is -0.497 e. The van der Waals surface area contributed by atoms with Crippen LogP contribution in [0, 0.1) is 0 Å². The zero-order valence-corrected chi connectivity index (χ0v) is 21.4. The molecule has 0 bridgehead atoms. The maximum Gasteiger partial charge on any atom is 0.426 e. The molecule has 1 aromatic heterocycles. The van der Waals surface area contributed by atoms with Crippen LogP contribution in [0.15, 0.2) is 54.6 Å². The van der Waals surface area contributed by atoms with Crippen LogP contribution in [0.1, 0.15) is 43.2 Å². The molecule has 11 heteroatoms. The normalized spacial score (nSPS) is 16.7. The molecule has 8 nitrogen and oxygen atoms in total. The molecule has 5 N–H and O–H groups in total. The SMILES string of the molecule is COc1ccc(C2(C(Oc3cc(-c4ccc(C[C@H](N)C(=O)O)cc4)nc(N)n3)C(F)(F)F)CCCCC2)cc1. The first-order valence-electron chi connectivity index (χ1n) is 12.6. The van der Waals surface area contributed by atoms with Gasteiger partial charge in [-0.05, 0) is 42.5 Å². The smallest absolute Gasteiger partial charge is 0.426 e. The van der Waals surface area contributed by atoms with Crippen molar-refractivity contribution in [1.82, 2.24) is 9.97 Å². The van der Waals surface area contributed by atoms with Crippen LogP contribution in [-0.2, 0) is 16.6 Å². The number of aliphatic carboxylic acids is 1. The van der Waals surface area contributed by atoms with Crippen molar-refractivity contribution in [2.24, 2.45) is 5.73 Å². The third-order valence-corrected chi connectivity index (χ3v) is 7.19. The van der Waals surface area contributed by atoms with Gasteiger partial charge in [-0.25, -0.2) is 4.98 Å². The Bertz CT molecular complexity index is 1280. The molecule has 1 heterocycles. The molecule has 0 saturated heterocycles. The van der Waals surface area contributed by atoms with Gasteiger partial charge in [0.2, 0.25) is 17.9 Å². The zero-order chi connectivity index (χ0) is 28.2. The van der Waals surface area contributed by atoms with Gasteiger partial charge in [-0.15, -0.1) is 0 Å². The molecule has 0 aliphatic heterocycles. The number of hydrogen-bond donors (Lipinski definition) is 3. The lowest BCUT2D eigenvalue weighted by Gasteiger charge is -2.44. The predicted molar refractivity (Wildman–Crippen MR) is 139 cm³/mol. The summed E-state index contributed by atoms with van der Waals surface area (Å²) in [6.45, 7) is 0. The topological polar surface area (TPSA) is 134 Å². The van der Waals surface area contributed by atoms with Gasteiger partial charge in [0, 0.05) is 17.0 Å². The van der Waals surface area contributed by atoms with Crippen molar-refractivity contribution in [1.29, 1.82) is 0 Å². The fraction of sp³-hybridized carbons (Fsp3) is 0.393. The molecule has 0 amide bonds. The molecular weight excluding hydrogens is 513 g/mol. The Balaban J connectivity index is 1.68. The Labute approximate surface area is 224 Å². The van der Waals surface area contributed by atoms with Crippen LogP contribution in [-0.4, -0.2) is 46.5 Å². The van der Waals surface area contributed by atoms with E-state index in [0.717, 1.165) is 6.42 Å². The highest BCUT2D eigenvalue weighted by Crippen LogP contribution is 2.49. The van der Waals surface area contributed by atoms with Crippen LogP contribution in [0.2, 0.25) is 0 Å². The average Bonchev–Trinajstić information content (AvgIpc) is 2.91. The Hall–Kier alpha value is -3.86. The summed E-state index contributed by atoms with van der Waals surface area (Å²) in [6.07, 6.45) is -4.01. The van der Waals surface area contributed by atoms with E-state index < -0.39 is 29.7 Å². The number of methoxy groups -OCH3 is 1. The summed E-state index contributed by atoms with van der Waals surface area (Å²) in [6, 6.07) is 13.6. The molecule has 0 radical (unpaired) electrons. The van der Waals surface area contributed by atoms with Crippen LogP contribution >= 0.6 is 0 Å². The number of carboxylic acid groups (broad SMARTS) is 1. The van der Waals surface area contributed by atoms with E-state index in [0.29, 0.717) is 48.1 Å². The first-order valence-corrected chi connectivity index (χ1v) is 12.6. The highest BCUT2D eigenvalue weighted by Gasteiger charge is 2.56. The Morgan fingerprint density at radius 1 is 1.05 bits per heavy atom. The van der Waals surface area contributed by atoms with Gasteiger partial charge in [0.25, 0.3) is 0 Å². The highest BCUT2D eigenvalue weighted by molar-refractivity contribution is 5.73. The van der Waals surface area contributed by atoms with Crippen molar-refractivity contribution in [2.45, 2.75) is 62.3 Å². The minimum atomic E-state index is -4.69. The van der Waals surface area contributed by atoms with Crippen molar-refractivity contribution in [2.75, 3.05) is 12.8 Å². The molecule has 1 unspecified atom stereocenters. The first kappa shape index (κ1) is 28.2. The highest BCUT2D eigenvalue weighted by atomic mass is 19.4. The van der Waals surface area contributed by atoms with E-state index in [4.69, 9.17) is 26.0 Å². The van der Waals surface area contributed by atoms with Gasteiger partial charge in [-0.2, -0.15) is 18.2 Å². The predicted octanol–water partition coefficient (Wildman–Crippen LogP) is 4.90.